The summed E-state index contributed by atoms with van der Waals surface area (Å²) < 4.78 is 3.32. The predicted octanol–water partition coefficient (Wildman–Crippen LogP) is 3.03. The average Bonchev–Trinajstić information content (AvgIpc) is 2.68. The number of fused-ring (bicyclic) bond motifs is 1. The van der Waals surface area contributed by atoms with E-state index in [0.29, 0.717) is 6.04 Å². The van der Waals surface area contributed by atoms with Crippen molar-refractivity contribution in [1.82, 2.24) is 14.9 Å². The maximum Gasteiger partial charge on any atom is 0.106 e. The lowest BCUT2D eigenvalue weighted by molar-refractivity contribution is 0.376. The van der Waals surface area contributed by atoms with Gasteiger partial charge in [0.25, 0.3) is 0 Å². The Hall–Kier alpha value is -0.870. The molecule has 3 rings (SSSR count). The number of aromatic nitrogens is 2. The van der Waals surface area contributed by atoms with Crippen molar-refractivity contribution in [3.63, 3.8) is 0 Å². The number of nitrogens with zero attached hydrogens (tertiary/aromatic N) is 2. The van der Waals surface area contributed by atoms with E-state index < -0.39 is 0 Å². The number of pyridine rings is 1. The lowest BCUT2D eigenvalue weighted by Gasteiger charge is -2.25. The van der Waals surface area contributed by atoms with E-state index >= 15 is 0 Å². The first kappa shape index (κ1) is 11.2. The van der Waals surface area contributed by atoms with Gasteiger partial charge in [-0.3, -0.25) is 0 Å². The van der Waals surface area contributed by atoms with Gasteiger partial charge < -0.3 is 9.88 Å². The smallest absolute Gasteiger partial charge is 0.106 e. The molecular formula is C13H16BrN3. The highest BCUT2D eigenvalue weighted by atomic mass is 79.9. The van der Waals surface area contributed by atoms with Crippen molar-refractivity contribution in [2.45, 2.75) is 25.8 Å². The van der Waals surface area contributed by atoms with Crippen LogP contribution in [0.5, 0.6) is 0 Å². The van der Waals surface area contributed by atoms with Gasteiger partial charge in [-0.2, -0.15) is 0 Å². The first-order valence-electron chi connectivity index (χ1n) is 6.09. The maximum atomic E-state index is 4.36. The largest absolute Gasteiger partial charge is 0.343 e. The second-order valence-electron chi connectivity index (χ2n) is 4.72. The third-order valence-corrected chi connectivity index (χ3v) is 4.02. The van der Waals surface area contributed by atoms with Crippen LogP contribution in [0.1, 0.15) is 24.4 Å². The number of aryl methyl sites for hydroxylation is 1. The fraction of sp³-hybridized carbons (Fsp3) is 0.462. The fourth-order valence-electron chi connectivity index (χ4n) is 2.68. The zero-order valence-corrected chi connectivity index (χ0v) is 11.5. The van der Waals surface area contributed by atoms with E-state index in [4.69, 9.17) is 0 Å². The number of hydrogen-bond acceptors (Lipinski definition) is 2. The van der Waals surface area contributed by atoms with Crippen LogP contribution in [-0.4, -0.2) is 22.6 Å². The molecular weight excluding hydrogens is 278 g/mol. The van der Waals surface area contributed by atoms with Crippen LogP contribution in [0, 0.1) is 6.92 Å². The molecule has 1 saturated heterocycles. The molecule has 17 heavy (non-hydrogen) atoms. The summed E-state index contributed by atoms with van der Waals surface area (Å²) in [6.07, 6.45) is 6.67. The summed E-state index contributed by atoms with van der Waals surface area (Å²) in [5.41, 5.74) is 2.60. The SMILES string of the molecule is Cc1cn(C2CCNCC2)c2cnc(Br)cc12. The van der Waals surface area contributed by atoms with Crippen molar-refractivity contribution < 1.29 is 0 Å². The Balaban J connectivity index is 2.10. The Morgan fingerprint density at radius 1 is 1.41 bits per heavy atom. The first-order valence-corrected chi connectivity index (χ1v) is 6.88. The quantitative estimate of drug-likeness (QED) is 0.819. The Morgan fingerprint density at radius 2 is 2.18 bits per heavy atom. The monoisotopic (exact) mass is 293 g/mol. The van der Waals surface area contributed by atoms with Gasteiger partial charge in [0.05, 0.1) is 11.7 Å². The van der Waals surface area contributed by atoms with Crippen LogP contribution in [0.3, 0.4) is 0 Å². The second-order valence-corrected chi connectivity index (χ2v) is 5.54. The normalized spacial score (nSPS) is 17.8. The van der Waals surface area contributed by atoms with Crippen LogP contribution in [0.2, 0.25) is 0 Å². The minimum absolute atomic E-state index is 0.621. The third kappa shape index (κ3) is 2.00. The Kier molecular flexibility index (Phi) is 2.92. The van der Waals surface area contributed by atoms with E-state index in [-0.39, 0.29) is 0 Å². The molecule has 1 aliphatic heterocycles. The van der Waals surface area contributed by atoms with Gasteiger partial charge in [-0.05, 0) is 60.4 Å². The molecule has 1 N–H and O–H groups in total. The molecule has 0 unspecified atom stereocenters. The lowest BCUT2D eigenvalue weighted by atomic mass is 10.1. The van der Waals surface area contributed by atoms with Crippen LogP contribution < -0.4 is 5.32 Å². The van der Waals surface area contributed by atoms with Gasteiger partial charge in [0.15, 0.2) is 0 Å². The van der Waals surface area contributed by atoms with Gasteiger partial charge in [0, 0.05) is 17.6 Å². The zero-order valence-electron chi connectivity index (χ0n) is 9.91. The summed E-state index contributed by atoms with van der Waals surface area (Å²) in [4.78, 5) is 4.36. The molecule has 0 aliphatic carbocycles. The summed E-state index contributed by atoms with van der Waals surface area (Å²) >= 11 is 3.44. The zero-order chi connectivity index (χ0) is 11.8. The molecule has 0 atom stereocenters. The van der Waals surface area contributed by atoms with Crippen molar-refractivity contribution in [3.8, 4) is 0 Å². The van der Waals surface area contributed by atoms with E-state index in [9.17, 15) is 0 Å². The van der Waals surface area contributed by atoms with Crippen molar-refractivity contribution in [2.24, 2.45) is 0 Å². The minimum Gasteiger partial charge on any atom is -0.343 e. The van der Waals surface area contributed by atoms with Gasteiger partial charge in [0.2, 0.25) is 0 Å². The summed E-state index contributed by atoms with van der Waals surface area (Å²) in [6.45, 7) is 4.41. The fourth-order valence-corrected chi connectivity index (χ4v) is 3.01. The molecule has 3 nitrogen and oxygen atoms in total. The summed E-state index contributed by atoms with van der Waals surface area (Å²) in [5, 5.41) is 4.72. The highest BCUT2D eigenvalue weighted by Crippen LogP contribution is 2.29. The van der Waals surface area contributed by atoms with Crippen molar-refractivity contribution in [2.75, 3.05) is 13.1 Å². The molecule has 4 heteroatoms. The van der Waals surface area contributed by atoms with E-state index in [2.05, 4.69) is 50.0 Å². The van der Waals surface area contributed by atoms with Crippen molar-refractivity contribution in [3.05, 3.63) is 28.6 Å². The Labute approximate surface area is 109 Å². The van der Waals surface area contributed by atoms with Gasteiger partial charge in [-0.1, -0.05) is 0 Å². The van der Waals surface area contributed by atoms with Crippen LogP contribution in [0.4, 0.5) is 0 Å². The molecule has 2 aromatic rings. The van der Waals surface area contributed by atoms with Gasteiger partial charge in [0.1, 0.15) is 4.60 Å². The van der Waals surface area contributed by atoms with E-state index in [0.717, 1.165) is 17.7 Å². The summed E-state index contributed by atoms with van der Waals surface area (Å²) in [7, 11) is 0. The molecule has 0 spiro atoms. The van der Waals surface area contributed by atoms with Crippen LogP contribution >= 0.6 is 15.9 Å². The Bertz CT molecular complexity index is 541. The van der Waals surface area contributed by atoms with Gasteiger partial charge >= 0.3 is 0 Å². The molecule has 0 bridgehead atoms. The van der Waals surface area contributed by atoms with Crippen LogP contribution in [0.15, 0.2) is 23.1 Å². The molecule has 0 amide bonds. The highest BCUT2D eigenvalue weighted by Gasteiger charge is 2.17. The summed E-state index contributed by atoms with van der Waals surface area (Å²) in [5.74, 6) is 0. The maximum absolute atomic E-state index is 4.36. The number of hydrogen-bond donors (Lipinski definition) is 1. The second kappa shape index (κ2) is 4.42. The number of halogens is 1. The van der Waals surface area contributed by atoms with E-state index in [1.807, 2.05) is 6.20 Å². The third-order valence-electron chi connectivity index (χ3n) is 3.59. The minimum atomic E-state index is 0.621. The van der Waals surface area contributed by atoms with Crippen LogP contribution in [-0.2, 0) is 0 Å². The number of rotatable bonds is 1. The van der Waals surface area contributed by atoms with Crippen molar-refractivity contribution >= 4 is 26.8 Å². The lowest BCUT2D eigenvalue weighted by Crippen LogP contribution is -2.29. The standard InChI is InChI=1S/C13H16BrN3/c1-9-8-17(10-2-4-15-5-3-10)12-7-16-13(14)6-11(9)12/h6-8,10,15H,2-5H2,1H3. The molecule has 1 fully saturated rings. The van der Waals surface area contributed by atoms with E-state index in [1.165, 1.54) is 29.3 Å². The number of piperidine rings is 1. The van der Waals surface area contributed by atoms with Gasteiger partial charge in [-0.25, -0.2) is 4.98 Å². The average molecular weight is 294 g/mol. The van der Waals surface area contributed by atoms with Crippen molar-refractivity contribution in [1.29, 1.82) is 0 Å². The highest BCUT2D eigenvalue weighted by molar-refractivity contribution is 9.10. The summed E-state index contributed by atoms with van der Waals surface area (Å²) in [6, 6.07) is 2.73. The predicted molar refractivity (Wildman–Crippen MR) is 73.3 cm³/mol. The van der Waals surface area contributed by atoms with E-state index in [1.54, 1.807) is 0 Å². The molecule has 0 aromatic carbocycles. The number of nitrogens with one attached hydrogen (secondary N) is 1. The van der Waals surface area contributed by atoms with Gasteiger partial charge in [-0.15, -0.1) is 0 Å². The first-order chi connectivity index (χ1) is 8.25. The van der Waals surface area contributed by atoms with Crippen LogP contribution in [0.25, 0.3) is 10.9 Å². The molecule has 0 saturated carbocycles. The topological polar surface area (TPSA) is 29.9 Å². The molecule has 3 heterocycles. The molecule has 1 aliphatic rings. The molecule has 90 valence electrons. The molecule has 2 aromatic heterocycles. The molecule has 0 radical (unpaired) electrons. The Morgan fingerprint density at radius 3 is 2.94 bits per heavy atom.